The van der Waals surface area contributed by atoms with E-state index >= 15 is 0 Å². The molecule has 27 heteroatoms. The van der Waals surface area contributed by atoms with Crippen LogP contribution < -0.4 is 25.5 Å². The molecule has 3 heterocycles. The second-order valence-electron chi connectivity index (χ2n) is 19.0. The maximum atomic E-state index is 13.2. The molecule has 2 aromatic carbocycles. The van der Waals surface area contributed by atoms with Crippen LogP contribution in [-0.2, 0) is 81.5 Å². The average Bonchev–Trinajstić information content (AvgIpc) is 3.41. The second kappa shape index (κ2) is 29.5. The largest absolute Gasteiger partial charge is 0.744 e. The van der Waals surface area contributed by atoms with E-state index in [4.69, 9.17) is 24.8 Å². The van der Waals surface area contributed by atoms with Crippen molar-refractivity contribution < 1.29 is 119 Å². The molecule has 0 spiro atoms. The summed E-state index contributed by atoms with van der Waals surface area (Å²) >= 11 is 0. The summed E-state index contributed by atoms with van der Waals surface area (Å²) in [7, 11) is -4.93. The van der Waals surface area contributed by atoms with E-state index in [1.54, 1.807) is 12.1 Å². The number of benzene rings is 3. The van der Waals surface area contributed by atoms with Crippen molar-refractivity contribution >= 4 is 74.4 Å². The van der Waals surface area contributed by atoms with Crippen molar-refractivity contribution in [3.8, 4) is 22.5 Å². The fourth-order valence-electron chi connectivity index (χ4n) is 10.1. The van der Waals surface area contributed by atoms with Crippen molar-refractivity contribution in [2.75, 3.05) is 70.3 Å². The van der Waals surface area contributed by atoms with Gasteiger partial charge < -0.3 is 55.1 Å². The first-order valence-electron chi connectivity index (χ1n) is 24.9. The topological polar surface area (TPSA) is 365 Å². The Balaban J connectivity index is 0.00000656. The first-order chi connectivity index (χ1) is 36.1. The Kier molecular flexibility index (Phi) is 24.2. The van der Waals surface area contributed by atoms with E-state index < -0.39 is 89.1 Å². The number of hydrogen-bond donors (Lipinski definition) is 8. The molecule has 0 radical (unpaired) electrons. The monoisotopic (exact) mass is 1190 g/mol. The zero-order valence-electron chi connectivity index (χ0n) is 42.1. The number of anilines is 1. The van der Waals surface area contributed by atoms with Gasteiger partial charge in [0.2, 0.25) is 17.2 Å². The Morgan fingerprint density at radius 2 is 1.13 bits per heavy atom. The van der Waals surface area contributed by atoms with Crippen LogP contribution in [0.25, 0.3) is 33.4 Å². The van der Waals surface area contributed by atoms with Gasteiger partial charge in [0, 0.05) is 124 Å². The van der Waals surface area contributed by atoms with Crippen molar-refractivity contribution in [1.82, 2.24) is 25.0 Å². The molecule has 0 bridgehead atoms. The van der Waals surface area contributed by atoms with Crippen molar-refractivity contribution in [2.45, 2.75) is 81.2 Å². The maximum absolute atomic E-state index is 13.2. The van der Waals surface area contributed by atoms with Gasteiger partial charge in [-0.3, -0.25) is 48.2 Å². The number of carboxylic acids is 6. The molecule has 3 aliphatic heterocycles. The first kappa shape index (κ1) is 64.0. The molecule has 1 aliphatic carbocycles. The number of nitrogens with one attached hydrogen (secondary N) is 2. The van der Waals surface area contributed by atoms with Crippen LogP contribution in [0.15, 0.2) is 70.0 Å². The van der Waals surface area contributed by atoms with Crippen molar-refractivity contribution in [2.24, 2.45) is 11.8 Å². The third-order valence-electron chi connectivity index (χ3n) is 13.8. The summed E-state index contributed by atoms with van der Waals surface area (Å²) in [6, 6.07) is 14.3. The quantitative estimate of drug-likeness (QED) is 0.0139. The summed E-state index contributed by atoms with van der Waals surface area (Å²) in [4.78, 5) is 98.5. The van der Waals surface area contributed by atoms with E-state index in [-0.39, 0.29) is 88.1 Å². The third kappa shape index (κ3) is 17.5. The van der Waals surface area contributed by atoms with Crippen molar-refractivity contribution in [1.29, 1.82) is 0 Å². The predicted molar refractivity (Wildman–Crippen MR) is 269 cm³/mol. The van der Waals surface area contributed by atoms with Gasteiger partial charge in [-0.1, -0.05) is 18.2 Å². The number of piperidine rings is 2. The Bertz CT molecular complexity index is 2940. The van der Waals surface area contributed by atoms with E-state index in [1.807, 2.05) is 36.4 Å². The van der Waals surface area contributed by atoms with Crippen LogP contribution in [0.3, 0.4) is 0 Å². The molecule has 6 rings (SSSR count). The number of hydrogen-bond acceptors (Lipinski definition) is 15. The normalized spacial score (nSPS) is 15.7. The van der Waals surface area contributed by atoms with Crippen molar-refractivity contribution in [3.05, 3.63) is 66.0 Å². The average molecular weight is 1200 g/mol. The van der Waals surface area contributed by atoms with E-state index in [9.17, 15) is 61.5 Å². The van der Waals surface area contributed by atoms with Crippen LogP contribution in [0.2, 0.25) is 0 Å². The molecule has 8 N–H and O–H groups in total. The second-order valence-corrected chi connectivity index (χ2v) is 20.3. The molecule has 4 aliphatic rings. The Hall–Kier alpha value is -6.49. The smallest absolute Gasteiger partial charge is 0.320 e. The molecule has 2 unspecified atom stereocenters. The minimum absolute atomic E-state index is 0. The molecule has 24 nitrogen and oxygen atoms in total. The van der Waals surface area contributed by atoms with Gasteiger partial charge in [0.15, 0.2) is 0 Å². The number of fused-ring (bicyclic) bond motifs is 2. The summed E-state index contributed by atoms with van der Waals surface area (Å²) in [5.41, 5.74) is 2.40. The van der Waals surface area contributed by atoms with Gasteiger partial charge in [-0.15, -0.1) is 0 Å². The minimum atomic E-state index is -4.93. The van der Waals surface area contributed by atoms with Crippen molar-refractivity contribution in [3.63, 3.8) is 0 Å². The van der Waals surface area contributed by atoms with Gasteiger partial charge in [-0.05, 0) is 75.6 Å². The van der Waals surface area contributed by atoms with Crippen LogP contribution >= 0.6 is 0 Å². The van der Waals surface area contributed by atoms with Gasteiger partial charge in [-0.2, -0.15) is 0 Å². The van der Waals surface area contributed by atoms with Crippen LogP contribution in [0, 0.1) is 11.8 Å². The zero-order valence-corrected chi connectivity index (χ0v) is 44.9. The van der Waals surface area contributed by atoms with Gasteiger partial charge in [0.05, 0.1) is 37.1 Å². The molecule has 2 aromatic rings. The Labute approximate surface area is 468 Å². The van der Waals surface area contributed by atoms with Crippen LogP contribution in [0.4, 0.5) is 5.69 Å². The van der Waals surface area contributed by atoms with E-state index in [2.05, 4.69) is 20.1 Å². The van der Waals surface area contributed by atoms with Crippen LogP contribution in [0.1, 0.15) is 64.2 Å². The summed E-state index contributed by atoms with van der Waals surface area (Å²) in [5.74, 6) is -8.67. The molecule has 2 atom stereocenters. The zero-order chi connectivity index (χ0) is 55.3. The number of aliphatic carboxylic acids is 6. The number of amides is 2. The number of nitrogens with zero attached hydrogens (tertiary/aromatic N) is 4. The van der Waals surface area contributed by atoms with Crippen LogP contribution in [0.5, 0.6) is 0 Å². The molecule has 2 amide bonds. The SMILES string of the molecule is O=C(O)CN(CC(=O)O)C(CCCCNC(=O)C1CCN(c2ccc3c(-c4ccccc4S(=O)(=O)[O-])c4ccc(=[N+]5CCC(C(=O)NCCCCC(C(=O)O)N(CC(=O)O)CC(=O)O)CC5)cc-4oc3c2)CC1)C(=O)O.[Ni].[Ni]. The molecule has 430 valence electrons. The predicted octanol–water partition coefficient (Wildman–Crippen LogP) is 1.92. The van der Waals surface area contributed by atoms with Gasteiger partial charge in [0.1, 0.15) is 46.6 Å². The fourth-order valence-corrected chi connectivity index (χ4v) is 10.7. The first-order valence-corrected chi connectivity index (χ1v) is 26.3. The molecular weight excluding hydrogens is 1130 g/mol. The molecule has 0 saturated carbocycles. The molecule has 0 aromatic heterocycles. The maximum Gasteiger partial charge on any atom is 0.320 e. The van der Waals surface area contributed by atoms with E-state index in [0.29, 0.717) is 105 Å². The fraction of sp³-hybridized carbons (Fsp3) is 0.471. The molecule has 78 heavy (non-hydrogen) atoms. The Morgan fingerprint density at radius 1 is 0.641 bits per heavy atom. The summed E-state index contributed by atoms with van der Waals surface area (Å²) < 4.78 is 46.6. The summed E-state index contributed by atoms with van der Waals surface area (Å²) in [5, 5.41) is 63.0. The summed E-state index contributed by atoms with van der Waals surface area (Å²) in [6.07, 6.45) is 3.35. The standard InChI is InChI=1S/C51H62N6O18S.2Ni/c58-43(59)27-56(28-44(60)61)38(50(68)69)8-3-5-19-52-48(66)31-15-21-54(22-16-31)33-11-13-35-40(25-33)75-41-26-34(12-14-36(41)47(35)37-7-1-2-10-42(37)76(72,73)74)55-23-17-32(18-24-55)49(67)53-20-6-4-9-39(51(70)71)57(29-45(62)63)30-46(64)65;;/h1-2,7,10-14,25-26,31-32,38-39H,3-6,8-9,15-24,27-30H2,(H8-,52,53,58,59,60,61,62,63,64,65,66,67,68,69,70,71,72,73,74);;. The number of carboxylic acid groups (broad SMARTS) is 6. The molecule has 2 saturated heterocycles. The van der Waals surface area contributed by atoms with Crippen LogP contribution in [-0.4, -0.2) is 179 Å². The van der Waals surface area contributed by atoms with E-state index in [0.717, 1.165) is 20.8 Å². The molecule has 2 fully saturated rings. The van der Waals surface area contributed by atoms with E-state index in [1.165, 1.54) is 12.1 Å². The number of carbonyl (C=O) groups is 8. The molecular formula is C51H62N6Ni2O18S. The number of rotatable bonds is 27. The summed E-state index contributed by atoms with van der Waals surface area (Å²) in [6.45, 7) is -0.519. The van der Waals surface area contributed by atoms with Gasteiger partial charge in [-0.25, -0.2) is 13.0 Å². The van der Waals surface area contributed by atoms with Gasteiger partial charge in [0.25, 0.3) is 0 Å². The number of unbranched alkanes of at least 4 members (excludes halogenated alkanes) is 2. The minimum Gasteiger partial charge on any atom is -0.744 e. The third-order valence-corrected chi connectivity index (χ3v) is 14.7. The van der Waals surface area contributed by atoms with Gasteiger partial charge >= 0.3 is 35.8 Å². The number of carbonyl (C=O) groups excluding carboxylic acids is 2. The Morgan fingerprint density at radius 3 is 1.60 bits per heavy atom.